The molecule has 5 N–H and O–H groups in total. The van der Waals surface area contributed by atoms with Crippen molar-refractivity contribution in [2.45, 2.75) is 51.4 Å². The summed E-state index contributed by atoms with van der Waals surface area (Å²) in [4.78, 5) is 33.1. The maximum absolute atomic E-state index is 11.2. The molecule has 0 aromatic carbocycles. The molecule has 0 fully saturated rings. The van der Waals surface area contributed by atoms with E-state index in [1.54, 1.807) is 0 Å². The molecule has 2 amide bonds. The minimum absolute atomic E-state index is 0.193. The van der Waals surface area contributed by atoms with Crippen molar-refractivity contribution in [3.63, 3.8) is 0 Å². The molecule has 20 heavy (non-hydrogen) atoms. The number of aliphatic carboxylic acids is 1. The van der Waals surface area contributed by atoms with E-state index in [0.717, 1.165) is 0 Å². The second-order valence-electron chi connectivity index (χ2n) is 4.54. The summed E-state index contributed by atoms with van der Waals surface area (Å²) in [6.45, 7) is 2.92. The van der Waals surface area contributed by atoms with Gasteiger partial charge >= 0.3 is 5.97 Å². The van der Waals surface area contributed by atoms with Gasteiger partial charge in [-0.3, -0.25) is 9.59 Å². The van der Waals surface area contributed by atoms with E-state index in [-0.39, 0.29) is 6.42 Å². The first-order valence-corrected chi connectivity index (χ1v) is 6.42. The first-order valence-electron chi connectivity index (χ1n) is 6.42. The van der Waals surface area contributed by atoms with Crippen LogP contribution in [0.15, 0.2) is 0 Å². The standard InChI is InChI=1S/C12H22N2O6/c1-7(15)10(17)13-6-4-3-5-9(12(19)20)14-11(18)8(2)16/h7-9,15-16H,3-6H2,1-2H3,(H,13,17)(H,14,18)(H,19,20)/t7-,8+,9+/m0/s1. The number of amides is 2. The number of carbonyl (C=O) groups excluding carboxylic acids is 2. The van der Waals surface area contributed by atoms with Crippen LogP contribution >= 0.6 is 0 Å². The van der Waals surface area contributed by atoms with Gasteiger partial charge in [0.2, 0.25) is 11.8 Å². The summed E-state index contributed by atoms with van der Waals surface area (Å²) >= 11 is 0. The fraction of sp³-hybridized carbons (Fsp3) is 0.750. The largest absolute Gasteiger partial charge is 0.480 e. The van der Waals surface area contributed by atoms with Crippen LogP contribution in [0.25, 0.3) is 0 Å². The van der Waals surface area contributed by atoms with E-state index in [9.17, 15) is 14.4 Å². The summed E-state index contributed by atoms with van der Waals surface area (Å²) in [5.74, 6) is -2.39. The van der Waals surface area contributed by atoms with E-state index in [0.29, 0.717) is 19.4 Å². The van der Waals surface area contributed by atoms with Crippen molar-refractivity contribution < 1.29 is 29.7 Å². The highest BCUT2D eigenvalue weighted by Gasteiger charge is 2.21. The quantitative estimate of drug-likeness (QED) is 0.331. The molecule has 0 saturated carbocycles. The number of carboxylic acid groups (broad SMARTS) is 1. The molecule has 3 atom stereocenters. The highest BCUT2D eigenvalue weighted by Crippen LogP contribution is 2.02. The van der Waals surface area contributed by atoms with Crippen LogP contribution in [0.1, 0.15) is 33.1 Å². The summed E-state index contributed by atoms with van der Waals surface area (Å²) in [5, 5.41) is 31.5. The molecule has 0 saturated heterocycles. The average Bonchev–Trinajstić information content (AvgIpc) is 2.35. The van der Waals surface area contributed by atoms with E-state index in [1.807, 2.05) is 0 Å². The fourth-order valence-corrected chi connectivity index (χ4v) is 1.38. The highest BCUT2D eigenvalue weighted by atomic mass is 16.4. The van der Waals surface area contributed by atoms with Crippen LogP contribution in [0.5, 0.6) is 0 Å². The zero-order valence-corrected chi connectivity index (χ0v) is 11.6. The van der Waals surface area contributed by atoms with Gasteiger partial charge < -0.3 is 26.0 Å². The van der Waals surface area contributed by atoms with E-state index in [1.165, 1.54) is 13.8 Å². The smallest absolute Gasteiger partial charge is 0.326 e. The molecule has 0 bridgehead atoms. The zero-order valence-electron chi connectivity index (χ0n) is 11.6. The first-order chi connectivity index (χ1) is 9.25. The van der Waals surface area contributed by atoms with Gasteiger partial charge in [0.15, 0.2) is 0 Å². The third-order valence-electron chi connectivity index (χ3n) is 2.59. The normalized spacial score (nSPS) is 15.0. The predicted octanol–water partition coefficient (Wildman–Crippen LogP) is -1.40. The first kappa shape index (κ1) is 18.3. The van der Waals surface area contributed by atoms with Gasteiger partial charge in [-0.25, -0.2) is 4.79 Å². The molecule has 8 heteroatoms. The van der Waals surface area contributed by atoms with Crippen LogP contribution in [0.3, 0.4) is 0 Å². The van der Waals surface area contributed by atoms with Gasteiger partial charge in [-0.1, -0.05) is 0 Å². The number of aliphatic hydroxyl groups is 2. The van der Waals surface area contributed by atoms with Crippen molar-refractivity contribution in [3.8, 4) is 0 Å². The maximum Gasteiger partial charge on any atom is 0.326 e. The van der Waals surface area contributed by atoms with Gasteiger partial charge in [0.1, 0.15) is 18.2 Å². The lowest BCUT2D eigenvalue weighted by atomic mass is 10.1. The molecule has 0 unspecified atom stereocenters. The molecule has 0 aliphatic carbocycles. The Morgan fingerprint density at radius 1 is 1.00 bits per heavy atom. The van der Waals surface area contributed by atoms with E-state index in [4.69, 9.17) is 15.3 Å². The Hall–Kier alpha value is -1.67. The molecular weight excluding hydrogens is 268 g/mol. The van der Waals surface area contributed by atoms with Crippen molar-refractivity contribution in [3.05, 3.63) is 0 Å². The van der Waals surface area contributed by atoms with Gasteiger partial charge in [-0.05, 0) is 33.1 Å². The lowest BCUT2D eigenvalue weighted by Crippen LogP contribution is -2.44. The summed E-state index contributed by atoms with van der Waals surface area (Å²) in [6, 6.07) is -1.07. The molecule has 0 rings (SSSR count). The average molecular weight is 290 g/mol. The third-order valence-corrected chi connectivity index (χ3v) is 2.59. The molecule has 0 spiro atoms. The lowest BCUT2D eigenvalue weighted by Gasteiger charge is -2.15. The molecule has 0 heterocycles. The van der Waals surface area contributed by atoms with Crippen molar-refractivity contribution in [1.29, 1.82) is 0 Å². The van der Waals surface area contributed by atoms with Crippen molar-refractivity contribution in [1.82, 2.24) is 10.6 Å². The number of nitrogens with one attached hydrogen (secondary N) is 2. The van der Waals surface area contributed by atoms with Gasteiger partial charge in [-0.15, -0.1) is 0 Å². The number of hydrogen-bond donors (Lipinski definition) is 5. The molecule has 0 radical (unpaired) electrons. The minimum atomic E-state index is -1.26. The van der Waals surface area contributed by atoms with Gasteiger partial charge in [0.05, 0.1) is 0 Å². The summed E-state index contributed by atoms with van der Waals surface area (Å²) in [7, 11) is 0. The van der Waals surface area contributed by atoms with Crippen LogP contribution in [-0.2, 0) is 14.4 Å². The molecule has 116 valence electrons. The molecule has 0 aliphatic heterocycles. The second kappa shape index (κ2) is 9.27. The Labute approximate surface area is 117 Å². The van der Waals surface area contributed by atoms with Crippen LogP contribution < -0.4 is 10.6 Å². The Bertz CT molecular complexity index is 343. The van der Waals surface area contributed by atoms with Crippen molar-refractivity contribution in [2.75, 3.05) is 6.54 Å². The number of carbonyl (C=O) groups is 3. The summed E-state index contributed by atoms with van der Waals surface area (Å²) in [5.41, 5.74) is 0. The Kier molecular flexibility index (Phi) is 8.49. The van der Waals surface area contributed by atoms with Gasteiger partial charge in [0.25, 0.3) is 0 Å². The number of unbranched alkanes of at least 4 members (excludes halogenated alkanes) is 1. The van der Waals surface area contributed by atoms with Gasteiger partial charge in [0, 0.05) is 6.54 Å². The SMILES string of the molecule is C[C@H](O)C(=O)NCCCC[C@@H](NC(=O)[C@@H](C)O)C(=O)O. The second-order valence-corrected chi connectivity index (χ2v) is 4.54. The number of hydrogen-bond acceptors (Lipinski definition) is 5. The molecule has 0 aromatic heterocycles. The summed E-state index contributed by atoms with van der Waals surface area (Å²) < 4.78 is 0. The Morgan fingerprint density at radius 3 is 2.00 bits per heavy atom. The molecule has 8 nitrogen and oxygen atoms in total. The molecule has 0 aromatic rings. The molecule has 0 aliphatic rings. The summed E-state index contributed by atoms with van der Waals surface area (Å²) in [6.07, 6.45) is -1.16. The van der Waals surface area contributed by atoms with Crippen molar-refractivity contribution >= 4 is 17.8 Å². The lowest BCUT2D eigenvalue weighted by molar-refractivity contribution is -0.143. The number of carboxylic acids is 1. The third kappa shape index (κ3) is 7.70. The van der Waals surface area contributed by atoms with Gasteiger partial charge in [-0.2, -0.15) is 0 Å². The predicted molar refractivity (Wildman–Crippen MR) is 69.8 cm³/mol. The fourth-order valence-electron chi connectivity index (χ4n) is 1.38. The molecular formula is C12H22N2O6. The van der Waals surface area contributed by atoms with Crippen molar-refractivity contribution in [2.24, 2.45) is 0 Å². The van der Waals surface area contributed by atoms with E-state index in [2.05, 4.69) is 10.6 Å². The number of rotatable bonds is 9. The monoisotopic (exact) mass is 290 g/mol. The van der Waals surface area contributed by atoms with Crippen LogP contribution in [-0.4, -0.2) is 57.9 Å². The topological polar surface area (TPSA) is 136 Å². The van der Waals surface area contributed by atoms with E-state index < -0.39 is 36.0 Å². The van der Waals surface area contributed by atoms with Crippen LogP contribution in [0, 0.1) is 0 Å². The Morgan fingerprint density at radius 2 is 1.55 bits per heavy atom. The Balaban J connectivity index is 3.96. The van der Waals surface area contributed by atoms with E-state index >= 15 is 0 Å². The minimum Gasteiger partial charge on any atom is -0.480 e. The zero-order chi connectivity index (χ0) is 15.7. The highest BCUT2D eigenvalue weighted by molar-refractivity contribution is 5.85. The van der Waals surface area contributed by atoms with Crippen LogP contribution in [0.2, 0.25) is 0 Å². The number of aliphatic hydroxyl groups excluding tert-OH is 2. The maximum atomic E-state index is 11.2. The van der Waals surface area contributed by atoms with Crippen LogP contribution in [0.4, 0.5) is 0 Å².